The first-order chi connectivity index (χ1) is 13.7. The number of carbonyl (C=O) groups is 1. The third kappa shape index (κ3) is 32.0. The fourth-order valence-electron chi connectivity index (χ4n) is 3.13. The molecule has 0 spiro atoms. The summed E-state index contributed by atoms with van der Waals surface area (Å²) in [6, 6.07) is 0. The molecule has 29 heavy (non-hydrogen) atoms. The smallest absolute Gasteiger partial charge is 0.394 e. The van der Waals surface area contributed by atoms with Crippen molar-refractivity contribution in [1.29, 1.82) is 0 Å². The molecule has 0 rings (SSSR count). The molecule has 0 aromatic heterocycles. The Kier molecular flexibility index (Phi) is 22.7. The van der Waals surface area contributed by atoms with Gasteiger partial charge in [-0.05, 0) is 38.5 Å². The molecule has 174 valence electrons. The lowest BCUT2D eigenvalue weighted by molar-refractivity contribution is -0.142. The molecule has 0 bridgehead atoms. The van der Waals surface area contributed by atoms with Crippen molar-refractivity contribution in [3.63, 3.8) is 0 Å². The molecule has 0 aromatic rings. The minimum absolute atomic E-state index is 0.109. The average molecular weight is 437 g/mol. The monoisotopic (exact) mass is 436 g/mol. The summed E-state index contributed by atoms with van der Waals surface area (Å²) in [5, 5.41) is 9.19. The van der Waals surface area contributed by atoms with E-state index in [0.717, 1.165) is 32.1 Å². The second-order valence-corrected chi connectivity index (χ2v) is 8.54. The van der Waals surface area contributed by atoms with Crippen LogP contribution in [0.15, 0.2) is 12.2 Å². The highest BCUT2D eigenvalue weighted by molar-refractivity contribution is 7.79. The van der Waals surface area contributed by atoms with Crippen LogP contribution in [0.4, 0.5) is 0 Å². The molecule has 0 aromatic carbocycles. The maximum absolute atomic E-state index is 11.2. The first-order valence-corrected chi connectivity index (χ1v) is 12.7. The van der Waals surface area contributed by atoms with E-state index in [4.69, 9.17) is 17.5 Å². The van der Waals surface area contributed by atoms with Gasteiger partial charge in [0.25, 0.3) is 0 Å². The van der Waals surface area contributed by atoms with E-state index in [2.05, 4.69) is 26.0 Å². The van der Waals surface area contributed by atoms with Gasteiger partial charge >= 0.3 is 16.4 Å². The summed E-state index contributed by atoms with van der Waals surface area (Å²) in [6.07, 6.45) is 24.0. The Bertz CT molecular complexity index is 480. The summed E-state index contributed by atoms with van der Waals surface area (Å²) >= 11 is 0. The van der Waals surface area contributed by atoms with Gasteiger partial charge in [-0.25, -0.2) is 0 Å². The van der Waals surface area contributed by atoms with Crippen molar-refractivity contribution in [1.82, 2.24) is 0 Å². The van der Waals surface area contributed by atoms with Crippen LogP contribution in [0.3, 0.4) is 0 Å². The van der Waals surface area contributed by atoms with E-state index in [9.17, 15) is 9.90 Å². The Balaban J connectivity index is 0. The summed E-state index contributed by atoms with van der Waals surface area (Å²) in [5.41, 5.74) is 0. The molecule has 6 nitrogen and oxygen atoms in total. The predicted octanol–water partition coefficient (Wildman–Crippen LogP) is 6.87. The van der Waals surface area contributed by atoms with E-state index in [1.54, 1.807) is 0 Å². The van der Waals surface area contributed by atoms with Crippen LogP contribution >= 0.6 is 0 Å². The zero-order chi connectivity index (χ0) is 22.4. The Hall–Kier alpha value is -0.920. The van der Waals surface area contributed by atoms with Crippen molar-refractivity contribution in [2.24, 2.45) is 5.92 Å². The molecule has 0 amide bonds. The molecular formula is C22H44O6S. The van der Waals surface area contributed by atoms with Gasteiger partial charge < -0.3 is 5.11 Å². The number of aliphatic carboxylic acids is 1. The molecule has 3 N–H and O–H groups in total. The SMILES string of the molecule is CCCCCCCCC=CCCCCCCC(CCCC)C(=O)O.O=S(=O)(O)O. The second-order valence-electron chi connectivity index (χ2n) is 7.64. The molecule has 0 saturated carbocycles. The molecule has 0 radical (unpaired) electrons. The lowest BCUT2D eigenvalue weighted by atomic mass is 9.95. The van der Waals surface area contributed by atoms with Gasteiger partial charge in [0.1, 0.15) is 0 Å². The van der Waals surface area contributed by atoms with E-state index < -0.39 is 16.4 Å². The number of carboxylic acids is 1. The summed E-state index contributed by atoms with van der Waals surface area (Å²) in [4.78, 5) is 11.2. The first kappa shape index (κ1) is 30.3. The molecule has 0 aliphatic carbocycles. The number of allylic oxidation sites excluding steroid dienone is 2. The van der Waals surface area contributed by atoms with Gasteiger partial charge in [-0.15, -0.1) is 0 Å². The second kappa shape index (κ2) is 21.8. The topological polar surface area (TPSA) is 112 Å². The van der Waals surface area contributed by atoms with Crippen molar-refractivity contribution in [2.75, 3.05) is 0 Å². The fourth-order valence-corrected chi connectivity index (χ4v) is 3.13. The highest BCUT2D eigenvalue weighted by Gasteiger charge is 2.15. The molecule has 1 atom stereocenters. The van der Waals surface area contributed by atoms with Gasteiger partial charge in [-0.2, -0.15) is 8.42 Å². The van der Waals surface area contributed by atoms with Crippen molar-refractivity contribution < 1.29 is 27.4 Å². The highest BCUT2D eigenvalue weighted by atomic mass is 32.3. The summed E-state index contributed by atoms with van der Waals surface area (Å²) in [5.74, 6) is -0.705. The third-order valence-electron chi connectivity index (χ3n) is 4.82. The summed E-state index contributed by atoms with van der Waals surface area (Å²) in [6.45, 7) is 4.39. The van der Waals surface area contributed by atoms with E-state index >= 15 is 0 Å². The molecule has 0 heterocycles. The van der Waals surface area contributed by atoms with Crippen LogP contribution in [-0.4, -0.2) is 28.6 Å². The van der Waals surface area contributed by atoms with E-state index in [-0.39, 0.29) is 5.92 Å². The average Bonchev–Trinajstić information content (AvgIpc) is 2.62. The van der Waals surface area contributed by atoms with Gasteiger partial charge in [-0.1, -0.05) is 90.2 Å². The quantitative estimate of drug-likeness (QED) is 0.123. The van der Waals surface area contributed by atoms with E-state index in [0.29, 0.717) is 0 Å². The first-order valence-electron chi connectivity index (χ1n) is 11.3. The van der Waals surface area contributed by atoms with Crippen LogP contribution in [0.5, 0.6) is 0 Å². The van der Waals surface area contributed by atoms with Crippen molar-refractivity contribution >= 4 is 16.4 Å². The maximum Gasteiger partial charge on any atom is 0.394 e. The zero-order valence-electron chi connectivity index (χ0n) is 18.5. The zero-order valence-corrected chi connectivity index (χ0v) is 19.3. The maximum atomic E-state index is 11.2. The van der Waals surface area contributed by atoms with Gasteiger partial charge in [-0.3, -0.25) is 13.9 Å². The van der Waals surface area contributed by atoms with Crippen LogP contribution in [-0.2, 0) is 15.2 Å². The number of hydrogen-bond donors (Lipinski definition) is 3. The van der Waals surface area contributed by atoms with Gasteiger partial charge in [0, 0.05) is 0 Å². The predicted molar refractivity (Wildman–Crippen MR) is 120 cm³/mol. The van der Waals surface area contributed by atoms with Crippen LogP contribution in [0.1, 0.15) is 117 Å². The normalized spacial score (nSPS) is 12.6. The number of carboxylic acid groups (broad SMARTS) is 1. The van der Waals surface area contributed by atoms with Crippen molar-refractivity contribution in [3.8, 4) is 0 Å². The van der Waals surface area contributed by atoms with Crippen LogP contribution < -0.4 is 0 Å². The molecular weight excluding hydrogens is 392 g/mol. The van der Waals surface area contributed by atoms with Crippen molar-refractivity contribution in [2.45, 2.75) is 117 Å². The minimum Gasteiger partial charge on any atom is -0.481 e. The Morgan fingerprint density at radius 3 is 1.55 bits per heavy atom. The number of rotatable bonds is 18. The molecule has 0 aliphatic rings. The molecule has 0 fully saturated rings. The molecule has 7 heteroatoms. The Morgan fingerprint density at radius 2 is 1.10 bits per heavy atom. The van der Waals surface area contributed by atoms with Gasteiger partial charge in [0.2, 0.25) is 0 Å². The standard InChI is InChI=1S/C22H42O2.H2O4S/c1-3-5-7-8-9-10-11-12-13-14-15-16-17-18-20-21(22(23)24)19-6-4-2;1-5(2,3)4/h12-13,21H,3-11,14-20H2,1-2H3,(H,23,24);(H2,1,2,3,4). The lowest BCUT2D eigenvalue weighted by Crippen LogP contribution is -2.13. The van der Waals surface area contributed by atoms with Gasteiger partial charge in [0.05, 0.1) is 5.92 Å². The van der Waals surface area contributed by atoms with Crippen LogP contribution in [0.25, 0.3) is 0 Å². The molecule has 1 unspecified atom stereocenters. The number of hydrogen-bond acceptors (Lipinski definition) is 3. The van der Waals surface area contributed by atoms with E-state index in [1.807, 2.05) is 0 Å². The minimum atomic E-state index is -4.67. The fraction of sp³-hybridized carbons (Fsp3) is 0.864. The summed E-state index contributed by atoms with van der Waals surface area (Å²) < 4.78 is 31.6. The molecule has 0 aliphatic heterocycles. The highest BCUT2D eigenvalue weighted by Crippen LogP contribution is 2.18. The van der Waals surface area contributed by atoms with Crippen molar-refractivity contribution in [3.05, 3.63) is 12.2 Å². The van der Waals surface area contributed by atoms with Gasteiger partial charge in [0.15, 0.2) is 0 Å². The molecule has 0 saturated heterocycles. The number of unbranched alkanes of at least 4 members (excludes halogenated alkanes) is 11. The lowest BCUT2D eigenvalue weighted by Gasteiger charge is -2.11. The Morgan fingerprint density at radius 1 is 0.724 bits per heavy atom. The third-order valence-corrected chi connectivity index (χ3v) is 4.82. The summed E-state index contributed by atoms with van der Waals surface area (Å²) in [7, 11) is -4.67. The largest absolute Gasteiger partial charge is 0.481 e. The van der Waals surface area contributed by atoms with E-state index in [1.165, 1.54) is 70.6 Å². The van der Waals surface area contributed by atoms with Crippen LogP contribution in [0, 0.1) is 5.92 Å². The Labute approximate surface area is 178 Å². The van der Waals surface area contributed by atoms with Crippen LogP contribution in [0.2, 0.25) is 0 Å².